The van der Waals surface area contributed by atoms with Crippen molar-refractivity contribution in [3.05, 3.63) is 28.5 Å². The highest BCUT2D eigenvalue weighted by atomic mass is 79.9. The lowest BCUT2D eigenvalue weighted by atomic mass is 10.3. The van der Waals surface area contributed by atoms with E-state index in [1.54, 1.807) is 0 Å². The van der Waals surface area contributed by atoms with Crippen molar-refractivity contribution in [2.75, 3.05) is 12.3 Å². The summed E-state index contributed by atoms with van der Waals surface area (Å²) in [6.07, 6.45) is 0.0525. The van der Waals surface area contributed by atoms with Gasteiger partial charge in [-0.15, -0.1) is 0 Å². The first-order valence-electron chi connectivity index (χ1n) is 5.07. The molecule has 1 aromatic rings. The topological polar surface area (TPSA) is 106 Å². The molecule has 0 fully saturated rings. The van der Waals surface area contributed by atoms with Crippen LogP contribution < -0.4 is 9.86 Å². The molecule has 0 aliphatic heterocycles. The zero-order chi connectivity index (χ0) is 14.7. The maximum atomic E-state index is 12.8. The summed E-state index contributed by atoms with van der Waals surface area (Å²) in [5.74, 6) is -0.889. The minimum absolute atomic E-state index is 0.0525. The number of halogens is 2. The lowest BCUT2D eigenvalue weighted by Crippen LogP contribution is -2.27. The molecule has 0 aliphatic carbocycles. The molecule has 3 N–H and O–H groups in total. The third-order valence-corrected chi connectivity index (χ3v) is 5.38. The second kappa shape index (κ2) is 6.27. The van der Waals surface area contributed by atoms with Crippen LogP contribution in [0.5, 0.6) is 0 Å². The van der Waals surface area contributed by atoms with Crippen LogP contribution in [0.15, 0.2) is 27.6 Å². The number of primary sulfonamides is 1. The van der Waals surface area contributed by atoms with Gasteiger partial charge in [0, 0.05) is 11.0 Å². The van der Waals surface area contributed by atoms with Gasteiger partial charge in [-0.1, -0.05) is 0 Å². The van der Waals surface area contributed by atoms with Gasteiger partial charge in [0.15, 0.2) is 0 Å². The highest BCUT2D eigenvalue weighted by Gasteiger charge is 2.17. The number of sulfonamides is 2. The first-order valence-corrected chi connectivity index (χ1v) is 9.06. The molecule has 1 aromatic carbocycles. The first-order chi connectivity index (χ1) is 8.62. The molecule has 0 bridgehead atoms. The third-order valence-electron chi connectivity index (χ3n) is 2.08. The molecule has 0 heterocycles. The van der Waals surface area contributed by atoms with Crippen molar-refractivity contribution < 1.29 is 21.2 Å². The minimum atomic E-state index is -3.82. The average Bonchev–Trinajstić information content (AvgIpc) is 2.22. The quantitative estimate of drug-likeness (QED) is 0.708. The molecule has 1 rings (SSSR count). The molecule has 0 spiro atoms. The van der Waals surface area contributed by atoms with Crippen molar-refractivity contribution >= 4 is 36.0 Å². The second-order valence-corrected chi connectivity index (χ2v) is 8.02. The van der Waals surface area contributed by atoms with Gasteiger partial charge in [0.2, 0.25) is 20.0 Å². The van der Waals surface area contributed by atoms with Crippen molar-refractivity contribution in [3.63, 3.8) is 0 Å². The van der Waals surface area contributed by atoms with Crippen LogP contribution in [0.1, 0.15) is 6.42 Å². The summed E-state index contributed by atoms with van der Waals surface area (Å²) in [6.45, 7) is -0.0808. The van der Waals surface area contributed by atoms with Gasteiger partial charge < -0.3 is 0 Å². The van der Waals surface area contributed by atoms with Crippen LogP contribution in [0.4, 0.5) is 4.39 Å². The number of hydrogen-bond donors (Lipinski definition) is 2. The highest BCUT2D eigenvalue weighted by molar-refractivity contribution is 9.10. The van der Waals surface area contributed by atoms with Crippen molar-refractivity contribution in [2.45, 2.75) is 11.3 Å². The van der Waals surface area contributed by atoms with Crippen LogP contribution in [0.25, 0.3) is 0 Å². The van der Waals surface area contributed by atoms with E-state index in [9.17, 15) is 21.2 Å². The number of hydrogen-bond acceptors (Lipinski definition) is 4. The van der Waals surface area contributed by atoms with E-state index in [4.69, 9.17) is 5.14 Å². The first kappa shape index (κ1) is 16.5. The van der Waals surface area contributed by atoms with E-state index in [0.29, 0.717) is 0 Å². The minimum Gasteiger partial charge on any atom is -0.229 e. The van der Waals surface area contributed by atoms with E-state index in [-0.39, 0.29) is 28.1 Å². The van der Waals surface area contributed by atoms with Crippen LogP contribution in [0.2, 0.25) is 0 Å². The zero-order valence-corrected chi connectivity index (χ0v) is 12.9. The fourth-order valence-corrected chi connectivity index (χ4v) is 3.92. The largest absolute Gasteiger partial charge is 0.241 e. The summed E-state index contributed by atoms with van der Waals surface area (Å²) < 4.78 is 60.2. The second-order valence-electron chi connectivity index (χ2n) is 3.69. The van der Waals surface area contributed by atoms with Crippen LogP contribution >= 0.6 is 15.9 Å². The predicted molar refractivity (Wildman–Crippen MR) is 71.9 cm³/mol. The van der Waals surface area contributed by atoms with E-state index in [1.165, 1.54) is 0 Å². The van der Waals surface area contributed by atoms with Gasteiger partial charge in [0.1, 0.15) is 5.82 Å². The lowest BCUT2D eigenvalue weighted by molar-refractivity contribution is 0.575. The molecule has 0 aliphatic rings. The summed E-state index contributed by atoms with van der Waals surface area (Å²) in [5, 5.41) is 4.78. The number of rotatable bonds is 6. The monoisotopic (exact) mass is 374 g/mol. The normalized spacial score (nSPS) is 12.6. The summed E-state index contributed by atoms with van der Waals surface area (Å²) >= 11 is 2.95. The molecular weight excluding hydrogens is 363 g/mol. The Morgan fingerprint density at radius 2 is 1.89 bits per heavy atom. The van der Waals surface area contributed by atoms with Crippen molar-refractivity contribution in [3.8, 4) is 0 Å². The van der Waals surface area contributed by atoms with Crippen molar-refractivity contribution in [1.82, 2.24) is 4.72 Å². The van der Waals surface area contributed by atoms with Gasteiger partial charge >= 0.3 is 0 Å². The number of benzene rings is 1. The molecule has 0 radical (unpaired) electrons. The Kier molecular flexibility index (Phi) is 5.44. The van der Waals surface area contributed by atoms with Crippen LogP contribution in [-0.2, 0) is 20.0 Å². The molecule has 108 valence electrons. The fourth-order valence-electron chi connectivity index (χ4n) is 1.25. The van der Waals surface area contributed by atoms with Gasteiger partial charge in [0.05, 0.1) is 10.6 Å². The Bertz CT molecular complexity index is 661. The molecule has 19 heavy (non-hydrogen) atoms. The summed E-state index contributed by atoms with van der Waals surface area (Å²) in [7, 11) is -7.44. The molecule has 0 saturated heterocycles. The number of nitrogens with two attached hydrogens (primary N) is 1. The molecule has 0 amide bonds. The Morgan fingerprint density at radius 1 is 1.26 bits per heavy atom. The van der Waals surface area contributed by atoms with Crippen LogP contribution in [-0.4, -0.2) is 29.1 Å². The predicted octanol–water partition coefficient (Wildman–Crippen LogP) is 0.545. The van der Waals surface area contributed by atoms with E-state index in [1.807, 2.05) is 0 Å². The van der Waals surface area contributed by atoms with E-state index in [0.717, 1.165) is 18.2 Å². The Labute approximate surface area is 119 Å². The molecule has 0 atom stereocenters. The zero-order valence-electron chi connectivity index (χ0n) is 9.64. The van der Waals surface area contributed by atoms with Gasteiger partial charge in [0.25, 0.3) is 0 Å². The maximum absolute atomic E-state index is 12.8. The molecular formula is C9H12BrFN2O4S2. The van der Waals surface area contributed by atoms with Gasteiger partial charge in [-0.25, -0.2) is 31.1 Å². The molecule has 0 saturated carbocycles. The van der Waals surface area contributed by atoms with E-state index >= 15 is 0 Å². The Balaban J connectivity index is 2.71. The van der Waals surface area contributed by atoms with Crippen LogP contribution in [0.3, 0.4) is 0 Å². The van der Waals surface area contributed by atoms with E-state index in [2.05, 4.69) is 20.7 Å². The summed E-state index contributed by atoms with van der Waals surface area (Å²) in [5.41, 5.74) is 0. The summed E-state index contributed by atoms with van der Waals surface area (Å²) in [6, 6.07) is 3.16. The SMILES string of the molecule is NS(=O)(=O)CCCNS(=O)(=O)c1ccc(F)cc1Br. The average molecular weight is 375 g/mol. The summed E-state index contributed by atoms with van der Waals surface area (Å²) in [4.78, 5) is -0.121. The smallest absolute Gasteiger partial charge is 0.229 e. The maximum Gasteiger partial charge on any atom is 0.241 e. The molecule has 0 aromatic heterocycles. The lowest BCUT2D eigenvalue weighted by Gasteiger charge is -2.08. The van der Waals surface area contributed by atoms with Crippen molar-refractivity contribution in [1.29, 1.82) is 0 Å². The molecule has 6 nitrogen and oxygen atoms in total. The standard InChI is InChI=1S/C9H12BrFN2O4S2/c10-8-6-7(11)2-3-9(8)19(16,17)13-4-1-5-18(12,14)15/h2-3,6,13H,1,4-5H2,(H2,12,14,15). The van der Waals surface area contributed by atoms with Crippen molar-refractivity contribution in [2.24, 2.45) is 5.14 Å². The van der Waals surface area contributed by atoms with Gasteiger partial charge in [-0.05, 0) is 40.5 Å². The highest BCUT2D eigenvalue weighted by Crippen LogP contribution is 2.22. The Hall–Kier alpha value is -0.550. The molecule has 0 unspecified atom stereocenters. The number of nitrogens with one attached hydrogen (secondary N) is 1. The van der Waals surface area contributed by atoms with Gasteiger partial charge in [-0.2, -0.15) is 0 Å². The van der Waals surface area contributed by atoms with Gasteiger partial charge in [-0.3, -0.25) is 0 Å². The third kappa shape index (κ3) is 5.53. The van der Waals surface area contributed by atoms with E-state index < -0.39 is 25.9 Å². The Morgan fingerprint density at radius 3 is 2.42 bits per heavy atom. The van der Waals surface area contributed by atoms with Crippen LogP contribution in [0, 0.1) is 5.82 Å². The molecule has 10 heteroatoms. The fraction of sp³-hybridized carbons (Fsp3) is 0.333.